The van der Waals surface area contributed by atoms with Crippen LogP contribution < -0.4 is 11.2 Å². The van der Waals surface area contributed by atoms with Crippen LogP contribution in [0.2, 0.25) is 0 Å². The summed E-state index contributed by atoms with van der Waals surface area (Å²) in [7, 11) is 1.56. The SMILES string of the molecule is CCn1c(SCC(=O)c2ccc(C)cc2)nc2c1c(=O)[nH]c(=O)n2C. The third kappa shape index (κ3) is 3.17. The third-order valence-corrected chi connectivity index (χ3v) is 4.97. The molecule has 3 rings (SSSR count). The quantitative estimate of drug-likeness (QED) is 0.554. The van der Waals surface area contributed by atoms with E-state index in [4.69, 9.17) is 0 Å². The molecular weight excluding hydrogens is 340 g/mol. The van der Waals surface area contributed by atoms with Crippen molar-refractivity contribution in [1.82, 2.24) is 19.1 Å². The van der Waals surface area contributed by atoms with Gasteiger partial charge in [-0.25, -0.2) is 9.78 Å². The molecule has 1 aromatic carbocycles. The van der Waals surface area contributed by atoms with E-state index in [2.05, 4.69) is 9.97 Å². The highest BCUT2D eigenvalue weighted by Crippen LogP contribution is 2.22. The van der Waals surface area contributed by atoms with Gasteiger partial charge in [0, 0.05) is 19.2 Å². The van der Waals surface area contributed by atoms with Crippen LogP contribution in [0.3, 0.4) is 0 Å². The highest BCUT2D eigenvalue weighted by atomic mass is 32.2. The maximum Gasteiger partial charge on any atom is 0.329 e. The first-order valence-corrected chi connectivity index (χ1v) is 8.83. The maximum atomic E-state index is 12.4. The number of fused-ring (bicyclic) bond motifs is 1. The highest BCUT2D eigenvalue weighted by Gasteiger charge is 2.17. The predicted molar refractivity (Wildman–Crippen MR) is 97.5 cm³/mol. The molecule has 0 unspecified atom stereocenters. The van der Waals surface area contributed by atoms with Crippen LogP contribution >= 0.6 is 11.8 Å². The Labute approximate surface area is 147 Å². The molecule has 0 amide bonds. The first-order chi connectivity index (χ1) is 11.9. The maximum absolute atomic E-state index is 12.4. The molecule has 7 nitrogen and oxygen atoms in total. The second-order valence-corrected chi connectivity index (χ2v) is 6.65. The summed E-state index contributed by atoms with van der Waals surface area (Å²) in [5, 5.41) is 0.546. The highest BCUT2D eigenvalue weighted by molar-refractivity contribution is 7.99. The molecule has 2 aromatic heterocycles. The molecule has 0 atom stereocenters. The molecule has 0 saturated heterocycles. The molecule has 0 spiro atoms. The Balaban J connectivity index is 1.94. The van der Waals surface area contributed by atoms with Crippen LogP contribution in [0, 0.1) is 6.92 Å². The minimum Gasteiger partial charge on any atom is -0.313 e. The van der Waals surface area contributed by atoms with E-state index in [0.29, 0.717) is 28.4 Å². The van der Waals surface area contributed by atoms with Crippen molar-refractivity contribution in [3.8, 4) is 0 Å². The van der Waals surface area contributed by atoms with E-state index in [1.165, 1.54) is 16.3 Å². The van der Waals surface area contributed by atoms with Crippen molar-refractivity contribution in [1.29, 1.82) is 0 Å². The average Bonchev–Trinajstić information content (AvgIpc) is 2.97. The van der Waals surface area contributed by atoms with Crippen LogP contribution in [-0.2, 0) is 13.6 Å². The fraction of sp³-hybridized carbons (Fsp3) is 0.294. The lowest BCUT2D eigenvalue weighted by atomic mass is 10.1. The topological polar surface area (TPSA) is 89.8 Å². The molecule has 0 bridgehead atoms. The molecule has 3 aromatic rings. The van der Waals surface area contributed by atoms with Crippen LogP contribution in [0.5, 0.6) is 0 Å². The van der Waals surface area contributed by atoms with Gasteiger partial charge in [0.25, 0.3) is 5.56 Å². The summed E-state index contributed by atoms with van der Waals surface area (Å²) in [5.41, 5.74) is 1.42. The number of nitrogens with one attached hydrogen (secondary N) is 1. The summed E-state index contributed by atoms with van der Waals surface area (Å²) in [6.07, 6.45) is 0. The second-order valence-electron chi connectivity index (χ2n) is 5.71. The van der Waals surface area contributed by atoms with Crippen LogP contribution in [0.15, 0.2) is 39.0 Å². The molecule has 8 heteroatoms. The van der Waals surface area contributed by atoms with Crippen LogP contribution in [-0.4, -0.2) is 30.6 Å². The number of Topliss-reactive ketones (excluding diaryl/α,β-unsaturated/α-hetero) is 1. The molecule has 25 heavy (non-hydrogen) atoms. The molecule has 0 aliphatic carbocycles. The zero-order valence-electron chi connectivity index (χ0n) is 14.2. The van der Waals surface area contributed by atoms with Gasteiger partial charge in [-0.1, -0.05) is 41.6 Å². The predicted octanol–water partition coefficient (Wildman–Crippen LogP) is 1.73. The number of aryl methyl sites for hydroxylation is 3. The number of rotatable bonds is 5. The van der Waals surface area contributed by atoms with E-state index in [9.17, 15) is 14.4 Å². The van der Waals surface area contributed by atoms with Gasteiger partial charge in [0.15, 0.2) is 22.1 Å². The van der Waals surface area contributed by atoms with Crippen molar-refractivity contribution in [2.24, 2.45) is 7.05 Å². The van der Waals surface area contributed by atoms with Gasteiger partial charge in [-0.3, -0.25) is 19.1 Å². The van der Waals surface area contributed by atoms with E-state index in [0.717, 1.165) is 5.56 Å². The molecular formula is C17H18N4O3S. The van der Waals surface area contributed by atoms with Gasteiger partial charge in [0.1, 0.15) is 0 Å². The number of aromatic amines is 1. The largest absolute Gasteiger partial charge is 0.329 e. The van der Waals surface area contributed by atoms with Gasteiger partial charge in [0.05, 0.1) is 5.75 Å². The number of ketones is 1. The van der Waals surface area contributed by atoms with Crippen LogP contribution in [0.1, 0.15) is 22.8 Å². The van der Waals surface area contributed by atoms with Gasteiger partial charge in [-0.15, -0.1) is 0 Å². The van der Waals surface area contributed by atoms with E-state index in [1.54, 1.807) is 23.7 Å². The number of thioether (sulfide) groups is 1. The Bertz CT molecular complexity index is 1060. The summed E-state index contributed by atoms with van der Waals surface area (Å²) in [5.74, 6) is 0.195. The van der Waals surface area contributed by atoms with Crippen molar-refractivity contribution in [2.45, 2.75) is 25.5 Å². The molecule has 0 radical (unpaired) electrons. The van der Waals surface area contributed by atoms with E-state index in [1.807, 2.05) is 26.0 Å². The Kier molecular flexibility index (Phi) is 4.63. The lowest BCUT2D eigenvalue weighted by Gasteiger charge is -2.05. The average molecular weight is 358 g/mol. The van der Waals surface area contributed by atoms with Crippen molar-refractivity contribution in [3.05, 3.63) is 56.2 Å². The summed E-state index contributed by atoms with van der Waals surface area (Å²) in [6, 6.07) is 7.40. The number of hydrogen-bond donors (Lipinski definition) is 1. The Morgan fingerprint density at radius 2 is 1.92 bits per heavy atom. The molecule has 0 aliphatic heterocycles. The van der Waals surface area contributed by atoms with Gasteiger partial charge in [-0.2, -0.15) is 0 Å². The molecule has 0 fully saturated rings. The van der Waals surface area contributed by atoms with E-state index in [-0.39, 0.29) is 11.5 Å². The minimum absolute atomic E-state index is 0.0116. The lowest BCUT2D eigenvalue weighted by Crippen LogP contribution is -2.29. The van der Waals surface area contributed by atoms with E-state index >= 15 is 0 Å². The number of aromatic nitrogens is 4. The van der Waals surface area contributed by atoms with Crippen molar-refractivity contribution in [3.63, 3.8) is 0 Å². The molecule has 0 aliphatic rings. The molecule has 1 N–H and O–H groups in total. The molecule has 130 valence electrons. The smallest absolute Gasteiger partial charge is 0.313 e. The molecule has 0 saturated carbocycles. The van der Waals surface area contributed by atoms with Crippen molar-refractivity contribution < 1.29 is 4.79 Å². The normalized spacial score (nSPS) is 11.2. The number of carbonyl (C=O) groups is 1. The summed E-state index contributed by atoms with van der Waals surface area (Å²) in [4.78, 5) is 42.9. The van der Waals surface area contributed by atoms with Gasteiger partial charge < -0.3 is 4.57 Å². The lowest BCUT2D eigenvalue weighted by molar-refractivity contribution is 0.102. The Morgan fingerprint density at radius 1 is 1.24 bits per heavy atom. The number of imidazole rings is 1. The first-order valence-electron chi connectivity index (χ1n) is 7.84. The number of benzene rings is 1. The number of nitrogens with zero attached hydrogens (tertiary/aromatic N) is 3. The standard InChI is InChI=1S/C17H18N4O3S/c1-4-21-13-14(20(3)16(24)19-15(13)23)18-17(21)25-9-12(22)11-7-5-10(2)6-8-11/h5-8H,4,9H2,1-3H3,(H,19,23,24). The second kappa shape index (κ2) is 6.72. The minimum atomic E-state index is -0.509. The van der Waals surface area contributed by atoms with Crippen molar-refractivity contribution >= 4 is 28.7 Å². The fourth-order valence-corrected chi connectivity index (χ4v) is 3.53. The monoisotopic (exact) mass is 358 g/mol. The zero-order chi connectivity index (χ0) is 18.1. The first kappa shape index (κ1) is 17.2. The Hall–Kier alpha value is -2.61. The number of hydrogen-bond acceptors (Lipinski definition) is 5. The van der Waals surface area contributed by atoms with Crippen molar-refractivity contribution in [2.75, 3.05) is 5.75 Å². The van der Waals surface area contributed by atoms with Gasteiger partial charge in [-0.05, 0) is 13.8 Å². The number of carbonyl (C=O) groups excluding carboxylic acids is 1. The van der Waals surface area contributed by atoms with Gasteiger partial charge >= 0.3 is 5.69 Å². The van der Waals surface area contributed by atoms with Gasteiger partial charge in [0.2, 0.25) is 0 Å². The summed E-state index contributed by atoms with van der Waals surface area (Å²) in [6.45, 7) is 4.37. The van der Waals surface area contributed by atoms with Crippen LogP contribution in [0.4, 0.5) is 0 Å². The summed E-state index contributed by atoms with van der Waals surface area (Å²) >= 11 is 1.26. The summed E-state index contributed by atoms with van der Waals surface area (Å²) < 4.78 is 3.02. The van der Waals surface area contributed by atoms with E-state index < -0.39 is 11.2 Å². The zero-order valence-corrected chi connectivity index (χ0v) is 15.0. The molecule has 2 heterocycles. The Morgan fingerprint density at radius 3 is 2.56 bits per heavy atom. The fourth-order valence-electron chi connectivity index (χ4n) is 2.57. The third-order valence-electron chi connectivity index (χ3n) is 3.99. The van der Waals surface area contributed by atoms with Crippen LogP contribution in [0.25, 0.3) is 11.2 Å². The number of H-pyrrole nitrogens is 1.